The molecule has 0 bridgehead atoms. The fraction of sp³-hybridized carbons (Fsp3) is 0.483. The SMILES string of the molecule is CCOC(=O)N[C@H]1CC[C@@H]2[C@@H](C1)C[C@@H]1C(=O)O[C@@H](C)[C@H]1[C@H]2C=Cc1ccc(-c2cccc(F)c2)cn1. The van der Waals surface area contributed by atoms with E-state index in [1.807, 2.05) is 31.2 Å². The molecule has 1 saturated heterocycles. The molecule has 0 radical (unpaired) electrons. The summed E-state index contributed by atoms with van der Waals surface area (Å²) in [6, 6.07) is 10.4. The van der Waals surface area contributed by atoms with Crippen LogP contribution in [0.1, 0.15) is 45.2 Å². The molecule has 190 valence electrons. The number of esters is 1. The molecule has 1 aromatic heterocycles. The van der Waals surface area contributed by atoms with Gasteiger partial charge in [0.05, 0.1) is 18.2 Å². The van der Waals surface area contributed by atoms with Crippen molar-refractivity contribution in [3.05, 3.63) is 60.2 Å². The molecule has 1 amide bonds. The van der Waals surface area contributed by atoms with Gasteiger partial charge in [0.25, 0.3) is 0 Å². The number of alkyl carbamates (subject to hydrolysis) is 1. The van der Waals surface area contributed by atoms with Gasteiger partial charge in [-0.3, -0.25) is 9.78 Å². The number of halogens is 1. The average Bonchev–Trinajstić information content (AvgIpc) is 3.15. The molecule has 5 rings (SSSR count). The van der Waals surface area contributed by atoms with E-state index in [1.54, 1.807) is 19.2 Å². The molecule has 3 fully saturated rings. The molecular formula is C29H33FN2O4. The Morgan fingerprint density at radius 3 is 2.83 bits per heavy atom. The lowest BCUT2D eigenvalue weighted by molar-refractivity contribution is -0.144. The Kier molecular flexibility index (Phi) is 7.08. The van der Waals surface area contributed by atoms with Crippen LogP contribution in [0.5, 0.6) is 0 Å². The predicted molar refractivity (Wildman–Crippen MR) is 134 cm³/mol. The Morgan fingerprint density at radius 1 is 1.22 bits per heavy atom. The summed E-state index contributed by atoms with van der Waals surface area (Å²) in [6.45, 7) is 4.15. The van der Waals surface area contributed by atoms with Crippen molar-refractivity contribution in [2.24, 2.45) is 29.6 Å². The summed E-state index contributed by atoms with van der Waals surface area (Å²) in [6.07, 6.45) is 9.07. The van der Waals surface area contributed by atoms with Crippen molar-refractivity contribution in [3.63, 3.8) is 0 Å². The highest BCUT2D eigenvalue weighted by Gasteiger charge is 2.54. The predicted octanol–water partition coefficient (Wildman–Crippen LogP) is 5.63. The van der Waals surface area contributed by atoms with E-state index in [0.29, 0.717) is 18.4 Å². The molecule has 2 aliphatic carbocycles. The summed E-state index contributed by atoms with van der Waals surface area (Å²) in [7, 11) is 0. The third-order valence-corrected chi connectivity index (χ3v) is 8.18. The second-order valence-corrected chi connectivity index (χ2v) is 10.3. The number of cyclic esters (lactones) is 1. The maximum absolute atomic E-state index is 13.6. The lowest BCUT2D eigenvalue weighted by Crippen LogP contribution is -2.48. The normalized spacial score (nSPS) is 31.4. The standard InChI is InChI=1S/C29H33FN2O4/c1-3-35-29(34)32-23-10-11-24-20(14-23)15-26-27(17(2)36-28(26)33)25(24)12-9-22-8-7-19(16-31-22)18-5-4-6-21(30)13-18/h4-9,12-13,16-17,20,23-27H,3,10-11,14-15H2,1-2H3,(H,32,34)/t17-,20-,23-,24+,25-,26-,27-/m0/s1. The van der Waals surface area contributed by atoms with Gasteiger partial charge in [0.15, 0.2) is 0 Å². The first-order valence-corrected chi connectivity index (χ1v) is 13.0. The number of nitrogens with one attached hydrogen (secondary N) is 1. The largest absolute Gasteiger partial charge is 0.462 e. The highest BCUT2D eigenvalue weighted by atomic mass is 19.1. The molecule has 36 heavy (non-hydrogen) atoms. The van der Waals surface area contributed by atoms with E-state index in [-0.39, 0.29) is 47.8 Å². The average molecular weight is 493 g/mol. The number of nitrogens with zero attached hydrogens (tertiary/aromatic N) is 1. The van der Waals surface area contributed by atoms with Gasteiger partial charge in [0, 0.05) is 23.7 Å². The number of amides is 1. The van der Waals surface area contributed by atoms with Crippen LogP contribution in [0.25, 0.3) is 17.2 Å². The molecule has 2 aromatic rings. The maximum Gasteiger partial charge on any atom is 0.407 e. The second kappa shape index (κ2) is 10.4. The van der Waals surface area contributed by atoms with E-state index < -0.39 is 0 Å². The highest BCUT2D eigenvalue weighted by Crippen LogP contribution is 2.53. The molecule has 0 unspecified atom stereocenters. The van der Waals surface area contributed by atoms with Gasteiger partial charge in [0.2, 0.25) is 0 Å². The molecule has 6 nitrogen and oxygen atoms in total. The summed E-state index contributed by atoms with van der Waals surface area (Å²) in [5.41, 5.74) is 2.48. The zero-order valence-electron chi connectivity index (χ0n) is 20.7. The Balaban J connectivity index is 1.34. The number of benzene rings is 1. The highest BCUT2D eigenvalue weighted by molar-refractivity contribution is 5.75. The van der Waals surface area contributed by atoms with E-state index in [0.717, 1.165) is 42.5 Å². The number of hydrogen-bond acceptors (Lipinski definition) is 5. The van der Waals surface area contributed by atoms with Crippen LogP contribution in [0, 0.1) is 35.4 Å². The zero-order valence-corrected chi connectivity index (χ0v) is 20.7. The number of carbonyl (C=O) groups is 2. The molecule has 1 N–H and O–H groups in total. The van der Waals surface area contributed by atoms with Crippen LogP contribution in [0.4, 0.5) is 9.18 Å². The fourth-order valence-corrected chi connectivity index (χ4v) is 6.64. The van der Waals surface area contributed by atoms with Gasteiger partial charge < -0.3 is 14.8 Å². The Labute approximate surface area is 211 Å². The zero-order chi connectivity index (χ0) is 25.2. The molecule has 2 heterocycles. The quantitative estimate of drug-likeness (QED) is 0.548. The van der Waals surface area contributed by atoms with Gasteiger partial charge >= 0.3 is 12.1 Å². The number of carbonyl (C=O) groups excluding carboxylic acids is 2. The van der Waals surface area contributed by atoms with Crippen LogP contribution in [-0.2, 0) is 14.3 Å². The fourth-order valence-electron chi connectivity index (χ4n) is 6.64. The number of aromatic nitrogens is 1. The number of ether oxygens (including phenoxy) is 2. The minimum absolute atomic E-state index is 0.0679. The van der Waals surface area contributed by atoms with Crippen LogP contribution in [0.3, 0.4) is 0 Å². The van der Waals surface area contributed by atoms with Crippen LogP contribution in [0.2, 0.25) is 0 Å². The molecule has 7 heteroatoms. The molecule has 1 aromatic carbocycles. The van der Waals surface area contributed by atoms with Crippen LogP contribution < -0.4 is 5.32 Å². The van der Waals surface area contributed by atoms with Crippen LogP contribution in [-0.4, -0.2) is 35.8 Å². The summed E-state index contributed by atoms with van der Waals surface area (Å²) < 4.78 is 24.3. The first-order valence-electron chi connectivity index (χ1n) is 13.0. The van der Waals surface area contributed by atoms with Crippen molar-refractivity contribution < 1.29 is 23.5 Å². The first-order chi connectivity index (χ1) is 17.4. The summed E-state index contributed by atoms with van der Waals surface area (Å²) in [4.78, 5) is 29.2. The minimum atomic E-state index is -0.368. The Morgan fingerprint density at radius 2 is 2.08 bits per heavy atom. The molecule has 0 spiro atoms. The monoisotopic (exact) mass is 492 g/mol. The summed E-state index contributed by atoms with van der Waals surface area (Å²) in [5.74, 6) is 0.629. The first kappa shape index (κ1) is 24.5. The summed E-state index contributed by atoms with van der Waals surface area (Å²) in [5, 5.41) is 3.00. The van der Waals surface area contributed by atoms with E-state index in [1.165, 1.54) is 12.1 Å². The van der Waals surface area contributed by atoms with E-state index in [4.69, 9.17) is 9.47 Å². The van der Waals surface area contributed by atoms with Gasteiger partial charge in [0.1, 0.15) is 11.9 Å². The molecular weight excluding hydrogens is 459 g/mol. The number of fused-ring (bicyclic) bond motifs is 2. The van der Waals surface area contributed by atoms with Crippen molar-refractivity contribution >= 4 is 18.1 Å². The lowest BCUT2D eigenvalue weighted by Gasteiger charge is -2.47. The molecule has 2 saturated carbocycles. The molecule has 7 atom stereocenters. The van der Waals surface area contributed by atoms with Crippen molar-refractivity contribution in [3.8, 4) is 11.1 Å². The van der Waals surface area contributed by atoms with Crippen molar-refractivity contribution in [2.75, 3.05) is 6.61 Å². The second-order valence-electron chi connectivity index (χ2n) is 10.3. The van der Waals surface area contributed by atoms with Crippen molar-refractivity contribution in [1.29, 1.82) is 0 Å². The summed E-state index contributed by atoms with van der Waals surface area (Å²) >= 11 is 0. The van der Waals surface area contributed by atoms with Gasteiger partial charge in [-0.1, -0.05) is 24.3 Å². The van der Waals surface area contributed by atoms with Gasteiger partial charge in [-0.05, 0) is 87.1 Å². The minimum Gasteiger partial charge on any atom is -0.462 e. The van der Waals surface area contributed by atoms with Gasteiger partial charge in [-0.25, -0.2) is 9.18 Å². The third-order valence-electron chi connectivity index (χ3n) is 8.18. The van der Waals surface area contributed by atoms with Gasteiger partial charge in [-0.15, -0.1) is 0 Å². The van der Waals surface area contributed by atoms with Crippen molar-refractivity contribution in [2.45, 2.75) is 51.7 Å². The van der Waals surface area contributed by atoms with Gasteiger partial charge in [-0.2, -0.15) is 0 Å². The smallest absolute Gasteiger partial charge is 0.407 e. The lowest BCUT2D eigenvalue weighted by atomic mass is 9.57. The Bertz CT molecular complexity index is 1130. The molecule has 3 aliphatic rings. The van der Waals surface area contributed by atoms with Crippen LogP contribution in [0.15, 0.2) is 48.7 Å². The number of rotatable bonds is 5. The third kappa shape index (κ3) is 5.01. The Hall–Kier alpha value is -3.22. The molecule has 1 aliphatic heterocycles. The number of pyridine rings is 1. The number of allylic oxidation sites excluding steroid dienone is 1. The van der Waals surface area contributed by atoms with Crippen molar-refractivity contribution in [1.82, 2.24) is 10.3 Å². The number of hydrogen-bond donors (Lipinski definition) is 1. The van der Waals surface area contributed by atoms with E-state index >= 15 is 0 Å². The van der Waals surface area contributed by atoms with E-state index in [9.17, 15) is 14.0 Å². The topological polar surface area (TPSA) is 77.5 Å². The van der Waals surface area contributed by atoms with Crippen LogP contribution >= 0.6 is 0 Å². The maximum atomic E-state index is 13.6. The van der Waals surface area contributed by atoms with E-state index in [2.05, 4.69) is 16.4 Å².